The molecular weight excluding hydrogens is 441 g/mol. The molecule has 4 rings (SSSR count). The van der Waals surface area contributed by atoms with Crippen LogP contribution in [0.4, 0.5) is 13.2 Å². The van der Waals surface area contributed by atoms with E-state index >= 15 is 0 Å². The molecule has 32 heavy (non-hydrogen) atoms. The maximum absolute atomic E-state index is 13.3. The van der Waals surface area contributed by atoms with Crippen molar-refractivity contribution in [2.45, 2.75) is 19.1 Å². The number of allylic oxidation sites excluding steroid dienone is 1. The zero-order chi connectivity index (χ0) is 23.0. The number of nitrogens with zero attached hydrogens (tertiary/aromatic N) is 2. The number of hydrogen-bond acceptors (Lipinski definition) is 5. The van der Waals surface area contributed by atoms with Gasteiger partial charge in [-0.25, -0.2) is 9.79 Å². The van der Waals surface area contributed by atoms with Gasteiger partial charge in [0.25, 0.3) is 5.56 Å². The van der Waals surface area contributed by atoms with E-state index in [2.05, 4.69) is 4.99 Å². The fraction of sp³-hybridized carbons (Fsp3) is 0.174. The van der Waals surface area contributed by atoms with Crippen LogP contribution >= 0.6 is 11.3 Å². The van der Waals surface area contributed by atoms with E-state index < -0.39 is 29.3 Å². The summed E-state index contributed by atoms with van der Waals surface area (Å²) in [6.07, 6.45) is -3.09. The van der Waals surface area contributed by atoms with Gasteiger partial charge in [0.15, 0.2) is 4.80 Å². The van der Waals surface area contributed by atoms with Crippen LogP contribution in [0.25, 0.3) is 6.08 Å². The summed E-state index contributed by atoms with van der Waals surface area (Å²) < 4.78 is 45.7. The second-order valence-electron chi connectivity index (χ2n) is 7.11. The number of thiazole rings is 1. The van der Waals surface area contributed by atoms with Gasteiger partial charge in [-0.2, -0.15) is 13.2 Å². The Bertz CT molecular complexity index is 1400. The molecule has 0 aliphatic carbocycles. The molecule has 1 unspecified atom stereocenters. The third kappa shape index (κ3) is 3.91. The number of halogens is 3. The predicted molar refractivity (Wildman–Crippen MR) is 114 cm³/mol. The quantitative estimate of drug-likeness (QED) is 0.565. The minimum atomic E-state index is -4.49. The molecule has 164 valence electrons. The van der Waals surface area contributed by atoms with E-state index in [0.29, 0.717) is 16.1 Å². The smallest absolute Gasteiger partial charge is 0.416 e. The third-order valence-electron chi connectivity index (χ3n) is 5.05. The average molecular weight is 458 g/mol. The molecule has 2 aromatic carbocycles. The molecule has 9 heteroatoms. The van der Waals surface area contributed by atoms with Crippen molar-refractivity contribution in [3.63, 3.8) is 0 Å². The first-order valence-electron chi connectivity index (χ1n) is 9.54. The zero-order valence-corrected chi connectivity index (χ0v) is 17.8. The zero-order valence-electron chi connectivity index (χ0n) is 17.0. The van der Waals surface area contributed by atoms with Crippen molar-refractivity contribution in [1.29, 1.82) is 0 Å². The molecule has 1 aliphatic heterocycles. The number of rotatable bonds is 3. The van der Waals surface area contributed by atoms with Crippen molar-refractivity contribution in [3.05, 3.63) is 102 Å². The molecule has 0 saturated carbocycles. The molecule has 0 saturated heterocycles. The number of fused-ring (bicyclic) bond motifs is 1. The molecule has 0 radical (unpaired) electrons. The second-order valence-corrected chi connectivity index (χ2v) is 8.12. The highest BCUT2D eigenvalue weighted by atomic mass is 32.1. The Morgan fingerprint density at radius 2 is 1.88 bits per heavy atom. The molecule has 1 atom stereocenters. The highest BCUT2D eigenvalue weighted by Gasteiger charge is 2.33. The topological polar surface area (TPSA) is 60.7 Å². The predicted octanol–water partition coefficient (Wildman–Crippen LogP) is 3.43. The Hall–Kier alpha value is -3.46. The summed E-state index contributed by atoms with van der Waals surface area (Å²) in [5.41, 5.74) is 0.326. The minimum absolute atomic E-state index is 0.211. The number of methoxy groups -OCH3 is 1. The fourth-order valence-corrected chi connectivity index (χ4v) is 4.65. The number of esters is 1. The number of hydrogen-bond donors (Lipinski definition) is 0. The van der Waals surface area contributed by atoms with Crippen molar-refractivity contribution in [3.8, 4) is 0 Å². The Morgan fingerprint density at radius 3 is 2.53 bits per heavy atom. The van der Waals surface area contributed by atoms with E-state index in [4.69, 9.17) is 4.74 Å². The molecule has 0 bridgehead atoms. The van der Waals surface area contributed by atoms with Crippen LogP contribution in [0.2, 0.25) is 0 Å². The van der Waals surface area contributed by atoms with Gasteiger partial charge < -0.3 is 4.74 Å². The van der Waals surface area contributed by atoms with Gasteiger partial charge in [0.1, 0.15) is 0 Å². The van der Waals surface area contributed by atoms with Crippen LogP contribution in [0.5, 0.6) is 0 Å². The van der Waals surface area contributed by atoms with Crippen LogP contribution in [0.1, 0.15) is 29.7 Å². The number of aromatic nitrogens is 1. The van der Waals surface area contributed by atoms with Crippen molar-refractivity contribution in [2.24, 2.45) is 4.99 Å². The first-order valence-corrected chi connectivity index (χ1v) is 10.4. The number of alkyl halides is 3. The highest BCUT2D eigenvalue weighted by molar-refractivity contribution is 7.07. The van der Waals surface area contributed by atoms with E-state index in [0.717, 1.165) is 23.5 Å². The van der Waals surface area contributed by atoms with E-state index in [9.17, 15) is 22.8 Å². The van der Waals surface area contributed by atoms with Gasteiger partial charge in [0, 0.05) is 0 Å². The van der Waals surface area contributed by atoms with Gasteiger partial charge in [-0.1, -0.05) is 53.8 Å². The SMILES string of the molecule is COC(=O)C1=C(C)N=c2sc(=Cc3cccc(C(F)(F)F)c3)c(=O)n2C1c1ccccc1. The van der Waals surface area contributed by atoms with E-state index in [1.54, 1.807) is 31.2 Å². The Morgan fingerprint density at radius 1 is 1.16 bits per heavy atom. The second kappa shape index (κ2) is 8.23. The van der Waals surface area contributed by atoms with Gasteiger partial charge in [-0.05, 0) is 36.3 Å². The standard InChI is InChI=1S/C23H17F3N2O3S/c1-13-18(21(30)31-2)19(15-8-4-3-5-9-15)28-20(29)17(32-22(28)27-13)12-14-7-6-10-16(11-14)23(24,25)26/h3-12,19H,1-2H3. The lowest BCUT2D eigenvalue weighted by atomic mass is 9.96. The van der Waals surface area contributed by atoms with Gasteiger partial charge in [0.05, 0.1) is 34.5 Å². The summed E-state index contributed by atoms with van der Waals surface area (Å²) in [6.45, 7) is 1.66. The summed E-state index contributed by atoms with van der Waals surface area (Å²) in [7, 11) is 1.25. The molecular formula is C23H17F3N2O3S. The summed E-state index contributed by atoms with van der Waals surface area (Å²) in [5, 5.41) is 0. The van der Waals surface area contributed by atoms with Crippen LogP contribution < -0.4 is 14.9 Å². The van der Waals surface area contributed by atoms with Crippen LogP contribution in [0, 0.1) is 0 Å². The van der Waals surface area contributed by atoms with Crippen molar-refractivity contribution in [1.82, 2.24) is 4.57 Å². The molecule has 2 heterocycles. The van der Waals surface area contributed by atoms with Gasteiger partial charge in [0.2, 0.25) is 0 Å². The van der Waals surface area contributed by atoms with E-state index in [1.807, 2.05) is 6.07 Å². The number of ether oxygens (including phenoxy) is 1. The fourth-order valence-electron chi connectivity index (χ4n) is 3.60. The van der Waals surface area contributed by atoms with Crippen LogP contribution in [-0.2, 0) is 15.7 Å². The Labute approximate surface area is 184 Å². The molecule has 5 nitrogen and oxygen atoms in total. The van der Waals surface area contributed by atoms with E-state index in [1.165, 1.54) is 29.9 Å². The third-order valence-corrected chi connectivity index (χ3v) is 6.04. The van der Waals surface area contributed by atoms with Crippen molar-refractivity contribution in [2.75, 3.05) is 7.11 Å². The Kier molecular flexibility index (Phi) is 5.60. The normalized spacial score (nSPS) is 16.5. The van der Waals surface area contributed by atoms with Crippen LogP contribution in [0.15, 0.2) is 75.7 Å². The Balaban J connectivity index is 1.94. The molecule has 1 aromatic heterocycles. The summed E-state index contributed by atoms with van der Waals surface area (Å²) in [4.78, 5) is 30.6. The van der Waals surface area contributed by atoms with Crippen LogP contribution in [-0.4, -0.2) is 17.6 Å². The first kappa shape index (κ1) is 21.8. The summed E-state index contributed by atoms with van der Waals surface area (Å²) >= 11 is 1.05. The lowest BCUT2D eigenvalue weighted by molar-refractivity contribution is -0.138. The first-order chi connectivity index (χ1) is 15.2. The maximum Gasteiger partial charge on any atom is 0.416 e. The number of carbonyl (C=O) groups is 1. The number of benzene rings is 2. The summed E-state index contributed by atoms with van der Waals surface area (Å²) in [5.74, 6) is -0.604. The van der Waals surface area contributed by atoms with E-state index in [-0.39, 0.29) is 15.7 Å². The van der Waals surface area contributed by atoms with Gasteiger partial charge in [-0.15, -0.1) is 0 Å². The molecule has 0 amide bonds. The lowest BCUT2D eigenvalue weighted by Gasteiger charge is -2.24. The highest BCUT2D eigenvalue weighted by Crippen LogP contribution is 2.31. The van der Waals surface area contributed by atoms with Crippen molar-refractivity contribution >= 4 is 23.4 Å². The average Bonchev–Trinajstić information content (AvgIpc) is 3.07. The lowest BCUT2D eigenvalue weighted by Crippen LogP contribution is -2.39. The monoisotopic (exact) mass is 458 g/mol. The molecule has 0 fully saturated rings. The van der Waals surface area contributed by atoms with Crippen LogP contribution in [0.3, 0.4) is 0 Å². The summed E-state index contributed by atoms with van der Waals surface area (Å²) in [6, 6.07) is 12.9. The largest absolute Gasteiger partial charge is 0.466 e. The van der Waals surface area contributed by atoms with Gasteiger partial charge >= 0.3 is 12.1 Å². The molecule has 3 aromatic rings. The molecule has 0 spiro atoms. The molecule has 1 aliphatic rings. The minimum Gasteiger partial charge on any atom is -0.466 e. The van der Waals surface area contributed by atoms with Gasteiger partial charge in [-0.3, -0.25) is 9.36 Å². The molecule has 0 N–H and O–H groups in total. The number of carbonyl (C=O) groups excluding carboxylic acids is 1. The maximum atomic E-state index is 13.3. The van der Waals surface area contributed by atoms with Crippen molar-refractivity contribution < 1.29 is 22.7 Å².